The molecule has 84 valence electrons. The summed E-state index contributed by atoms with van der Waals surface area (Å²) in [7, 11) is 0. The molecule has 0 heterocycles. The molecular formula is C12H25NO. The molecule has 1 rings (SSSR count). The molecule has 14 heavy (non-hydrogen) atoms. The van der Waals surface area contributed by atoms with E-state index in [0.717, 1.165) is 19.5 Å². The fourth-order valence-corrected chi connectivity index (χ4v) is 2.45. The molecule has 0 aromatic carbocycles. The first kappa shape index (κ1) is 12.0. The molecule has 0 aromatic rings. The molecule has 1 fully saturated rings. The Bertz CT molecular complexity index is 150. The van der Waals surface area contributed by atoms with Crippen LogP contribution in [-0.4, -0.2) is 23.8 Å². The molecule has 2 nitrogen and oxygen atoms in total. The second-order valence-electron chi connectivity index (χ2n) is 4.80. The Balaban J connectivity index is 2.29. The monoisotopic (exact) mass is 199 g/mol. The van der Waals surface area contributed by atoms with Crippen molar-refractivity contribution in [3.8, 4) is 0 Å². The van der Waals surface area contributed by atoms with Crippen LogP contribution in [0.25, 0.3) is 0 Å². The third kappa shape index (κ3) is 3.58. The number of hydrogen-bond acceptors (Lipinski definition) is 2. The van der Waals surface area contributed by atoms with E-state index in [9.17, 15) is 5.11 Å². The lowest BCUT2D eigenvalue weighted by atomic mass is 9.76. The van der Waals surface area contributed by atoms with Gasteiger partial charge < -0.3 is 10.4 Å². The van der Waals surface area contributed by atoms with Crippen molar-refractivity contribution in [3.63, 3.8) is 0 Å². The largest absolute Gasteiger partial charge is 0.390 e. The molecule has 2 heteroatoms. The first-order valence-electron chi connectivity index (χ1n) is 6.10. The van der Waals surface area contributed by atoms with Crippen LogP contribution in [0.2, 0.25) is 0 Å². The topological polar surface area (TPSA) is 32.3 Å². The zero-order valence-corrected chi connectivity index (χ0v) is 9.68. The average molecular weight is 199 g/mol. The Morgan fingerprint density at radius 2 is 1.93 bits per heavy atom. The second-order valence-corrected chi connectivity index (χ2v) is 4.80. The van der Waals surface area contributed by atoms with Crippen LogP contribution in [-0.2, 0) is 0 Å². The van der Waals surface area contributed by atoms with E-state index in [4.69, 9.17) is 0 Å². The van der Waals surface area contributed by atoms with Crippen LogP contribution in [0, 0.1) is 5.92 Å². The van der Waals surface area contributed by atoms with Gasteiger partial charge in [-0.3, -0.25) is 0 Å². The highest BCUT2D eigenvalue weighted by Gasteiger charge is 2.31. The highest BCUT2D eigenvalue weighted by molar-refractivity contribution is 4.84. The Labute approximate surface area is 88.1 Å². The molecule has 0 aliphatic heterocycles. The molecule has 0 saturated heterocycles. The van der Waals surface area contributed by atoms with Crippen molar-refractivity contribution in [2.45, 2.75) is 58.0 Å². The number of rotatable bonds is 5. The molecule has 1 aliphatic carbocycles. The second kappa shape index (κ2) is 5.72. The van der Waals surface area contributed by atoms with Gasteiger partial charge in [0.05, 0.1) is 5.60 Å². The van der Waals surface area contributed by atoms with Gasteiger partial charge in [0, 0.05) is 0 Å². The van der Waals surface area contributed by atoms with Crippen molar-refractivity contribution in [2.24, 2.45) is 5.92 Å². The van der Waals surface area contributed by atoms with Crippen molar-refractivity contribution in [3.05, 3.63) is 0 Å². The van der Waals surface area contributed by atoms with Gasteiger partial charge in [-0.25, -0.2) is 0 Å². The summed E-state index contributed by atoms with van der Waals surface area (Å²) in [5.41, 5.74) is -0.442. The fourth-order valence-electron chi connectivity index (χ4n) is 2.45. The Hall–Kier alpha value is -0.0800. The van der Waals surface area contributed by atoms with Gasteiger partial charge >= 0.3 is 0 Å². The van der Waals surface area contributed by atoms with Crippen LogP contribution in [0.15, 0.2) is 0 Å². The molecule has 1 unspecified atom stereocenters. The van der Waals surface area contributed by atoms with E-state index in [-0.39, 0.29) is 0 Å². The minimum absolute atomic E-state index is 0.442. The molecule has 0 radical (unpaired) electrons. The standard InChI is InChI=1S/C12H25NO/c1-3-13-10-9-12(2,14)11-7-5-4-6-8-11/h11,13-14H,3-10H2,1-2H3. The van der Waals surface area contributed by atoms with Crippen LogP contribution in [0.5, 0.6) is 0 Å². The van der Waals surface area contributed by atoms with Crippen LogP contribution < -0.4 is 5.32 Å². The maximum absolute atomic E-state index is 10.3. The van der Waals surface area contributed by atoms with Gasteiger partial charge in [0.2, 0.25) is 0 Å². The van der Waals surface area contributed by atoms with Gasteiger partial charge in [-0.2, -0.15) is 0 Å². The maximum Gasteiger partial charge on any atom is 0.0659 e. The van der Waals surface area contributed by atoms with Gasteiger partial charge in [0.25, 0.3) is 0 Å². The Kier molecular flexibility index (Phi) is 4.90. The predicted molar refractivity (Wildman–Crippen MR) is 60.4 cm³/mol. The highest BCUT2D eigenvalue weighted by atomic mass is 16.3. The van der Waals surface area contributed by atoms with Crippen molar-refractivity contribution < 1.29 is 5.11 Å². The minimum atomic E-state index is -0.442. The first-order valence-corrected chi connectivity index (χ1v) is 6.10. The summed E-state index contributed by atoms with van der Waals surface area (Å²) >= 11 is 0. The van der Waals surface area contributed by atoms with E-state index in [1.54, 1.807) is 0 Å². The summed E-state index contributed by atoms with van der Waals surface area (Å²) in [6.45, 7) is 6.07. The van der Waals surface area contributed by atoms with Crippen LogP contribution >= 0.6 is 0 Å². The molecule has 1 aliphatic rings. The van der Waals surface area contributed by atoms with E-state index in [0.29, 0.717) is 5.92 Å². The van der Waals surface area contributed by atoms with Gasteiger partial charge in [-0.05, 0) is 45.2 Å². The van der Waals surface area contributed by atoms with Crippen molar-refractivity contribution in [1.29, 1.82) is 0 Å². The SMILES string of the molecule is CCNCCC(C)(O)C1CCCCC1. The fraction of sp³-hybridized carbons (Fsp3) is 1.00. The van der Waals surface area contributed by atoms with E-state index >= 15 is 0 Å². The number of nitrogens with one attached hydrogen (secondary N) is 1. The smallest absolute Gasteiger partial charge is 0.0659 e. The number of hydrogen-bond donors (Lipinski definition) is 2. The lowest BCUT2D eigenvalue weighted by molar-refractivity contribution is -0.0228. The minimum Gasteiger partial charge on any atom is -0.390 e. The summed E-state index contributed by atoms with van der Waals surface area (Å²) in [4.78, 5) is 0. The highest BCUT2D eigenvalue weighted by Crippen LogP contribution is 2.34. The third-order valence-electron chi connectivity index (χ3n) is 3.54. The Morgan fingerprint density at radius 3 is 2.50 bits per heavy atom. The molecule has 1 atom stereocenters. The molecular weight excluding hydrogens is 174 g/mol. The van der Waals surface area contributed by atoms with E-state index in [2.05, 4.69) is 12.2 Å². The van der Waals surface area contributed by atoms with E-state index in [1.807, 2.05) is 6.92 Å². The number of aliphatic hydroxyl groups is 1. The van der Waals surface area contributed by atoms with Gasteiger partial charge in [0.1, 0.15) is 0 Å². The van der Waals surface area contributed by atoms with Crippen LogP contribution in [0.4, 0.5) is 0 Å². The summed E-state index contributed by atoms with van der Waals surface area (Å²) < 4.78 is 0. The lowest BCUT2D eigenvalue weighted by Gasteiger charge is -2.35. The molecule has 0 spiro atoms. The summed E-state index contributed by atoms with van der Waals surface area (Å²) in [5.74, 6) is 0.537. The van der Waals surface area contributed by atoms with E-state index in [1.165, 1.54) is 32.1 Å². The molecule has 0 amide bonds. The molecule has 1 saturated carbocycles. The molecule has 0 bridgehead atoms. The Morgan fingerprint density at radius 1 is 1.29 bits per heavy atom. The van der Waals surface area contributed by atoms with Crippen molar-refractivity contribution in [2.75, 3.05) is 13.1 Å². The van der Waals surface area contributed by atoms with Crippen LogP contribution in [0.1, 0.15) is 52.4 Å². The third-order valence-corrected chi connectivity index (χ3v) is 3.54. The lowest BCUT2D eigenvalue weighted by Crippen LogP contribution is -2.38. The summed E-state index contributed by atoms with van der Waals surface area (Å²) in [5, 5.41) is 13.6. The van der Waals surface area contributed by atoms with Gasteiger partial charge in [-0.15, -0.1) is 0 Å². The zero-order chi connectivity index (χ0) is 10.4. The van der Waals surface area contributed by atoms with Crippen molar-refractivity contribution >= 4 is 0 Å². The maximum atomic E-state index is 10.3. The van der Waals surface area contributed by atoms with Crippen LogP contribution in [0.3, 0.4) is 0 Å². The normalized spacial score (nSPS) is 23.4. The quantitative estimate of drug-likeness (QED) is 0.666. The first-order chi connectivity index (χ1) is 6.67. The van der Waals surface area contributed by atoms with Crippen molar-refractivity contribution in [1.82, 2.24) is 5.32 Å². The molecule has 0 aromatic heterocycles. The molecule has 2 N–H and O–H groups in total. The average Bonchev–Trinajstić information content (AvgIpc) is 2.19. The summed E-state index contributed by atoms with van der Waals surface area (Å²) in [6, 6.07) is 0. The predicted octanol–water partition coefficient (Wildman–Crippen LogP) is 2.32. The van der Waals surface area contributed by atoms with Gasteiger partial charge in [-0.1, -0.05) is 26.2 Å². The van der Waals surface area contributed by atoms with Gasteiger partial charge in [0.15, 0.2) is 0 Å². The van der Waals surface area contributed by atoms with E-state index < -0.39 is 5.60 Å². The summed E-state index contributed by atoms with van der Waals surface area (Å²) in [6.07, 6.45) is 7.31. The zero-order valence-electron chi connectivity index (χ0n) is 9.68.